The molecule has 4 nitrogen and oxygen atoms in total. The molecule has 1 amide bonds. The van der Waals surface area contributed by atoms with E-state index < -0.39 is 17.7 Å². The highest BCUT2D eigenvalue weighted by atomic mass is 16.3. The van der Waals surface area contributed by atoms with Crippen molar-refractivity contribution >= 4 is 17.4 Å². The first-order valence-corrected chi connectivity index (χ1v) is 7.37. The highest BCUT2D eigenvalue weighted by Gasteiger charge is 2.44. The Morgan fingerprint density at radius 3 is 2.22 bits per heavy atom. The molecule has 23 heavy (non-hydrogen) atoms. The van der Waals surface area contributed by atoms with Crippen molar-refractivity contribution in [3.63, 3.8) is 0 Å². The molecule has 0 saturated carbocycles. The maximum absolute atomic E-state index is 12.4. The summed E-state index contributed by atoms with van der Waals surface area (Å²) in [5.41, 5.74) is 2.51. The average molecular weight is 307 g/mol. The highest BCUT2D eigenvalue weighted by molar-refractivity contribution is 6.46. The van der Waals surface area contributed by atoms with Crippen LogP contribution in [0.5, 0.6) is 0 Å². The van der Waals surface area contributed by atoms with Gasteiger partial charge in [-0.15, -0.1) is 0 Å². The zero-order valence-corrected chi connectivity index (χ0v) is 13.0. The van der Waals surface area contributed by atoms with Crippen molar-refractivity contribution in [3.8, 4) is 0 Å². The number of hydrogen-bond donors (Lipinski definition) is 1. The van der Waals surface area contributed by atoms with E-state index in [-0.39, 0.29) is 11.3 Å². The zero-order valence-electron chi connectivity index (χ0n) is 13.0. The third-order valence-corrected chi connectivity index (χ3v) is 4.12. The second kappa shape index (κ2) is 5.72. The fourth-order valence-corrected chi connectivity index (χ4v) is 2.84. The van der Waals surface area contributed by atoms with Crippen molar-refractivity contribution in [2.75, 3.05) is 7.05 Å². The standard InChI is InChI=1S/C19H17NO3/c1-12-8-10-14(11-9-12)17(21)15-16(13-6-4-3-5-7-13)20(2)19(23)18(15)22/h3-11,16,21H,1-2H3/b17-15-. The molecule has 1 aliphatic heterocycles. The summed E-state index contributed by atoms with van der Waals surface area (Å²) in [6.07, 6.45) is 0. The molecule has 0 aromatic heterocycles. The number of likely N-dealkylation sites (N-methyl/N-ethyl adjacent to an activating group) is 1. The number of hydrogen-bond acceptors (Lipinski definition) is 3. The largest absolute Gasteiger partial charge is 0.507 e. The summed E-state index contributed by atoms with van der Waals surface area (Å²) >= 11 is 0. The number of amides is 1. The fraction of sp³-hybridized carbons (Fsp3) is 0.158. The molecule has 2 aromatic carbocycles. The van der Waals surface area contributed by atoms with Crippen molar-refractivity contribution in [2.45, 2.75) is 13.0 Å². The van der Waals surface area contributed by atoms with Crippen LogP contribution in [0.3, 0.4) is 0 Å². The van der Waals surface area contributed by atoms with E-state index in [1.807, 2.05) is 49.4 Å². The molecule has 0 aliphatic carbocycles. The Bertz CT molecular complexity index is 791. The Balaban J connectivity index is 2.17. The maximum atomic E-state index is 12.4. The number of Topliss-reactive ketones (excluding diaryl/α,β-unsaturated/α-hetero) is 1. The molecule has 116 valence electrons. The van der Waals surface area contributed by atoms with Crippen LogP contribution in [-0.2, 0) is 9.59 Å². The minimum Gasteiger partial charge on any atom is -0.507 e. The van der Waals surface area contributed by atoms with E-state index in [2.05, 4.69) is 0 Å². The quantitative estimate of drug-likeness (QED) is 0.527. The van der Waals surface area contributed by atoms with Crippen LogP contribution in [-0.4, -0.2) is 28.7 Å². The van der Waals surface area contributed by atoms with Gasteiger partial charge in [-0.2, -0.15) is 0 Å². The zero-order chi connectivity index (χ0) is 16.6. The summed E-state index contributed by atoms with van der Waals surface area (Å²) < 4.78 is 0. The van der Waals surface area contributed by atoms with Crippen LogP contribution in [0.4, 0.5) is 0 Å². The summed E-state index contributed by atoms with van der Waals surface area (Å²) in [5, 5.41) is 10.6. The van der Waals surface area contributed by atoms with Gasteiger partial charge in [0.2, 0.25) is 0 Å². The van der Waals surface area contributed by atoms with Gasteiger partial charge >= 0.3 is 0 Å². The van der Waals surface area contributed by atoms with Gasteiger partial charge in [-0.1, -0.05) is 60.2 Å². The maximum Gasteiger partial charge on any atom is 0.295 e. The van der Waals surface area contributed by atoms with Gasteiger partial charge in [0, 0.05) is 12.6 Å². The van der Waals surface area contributed by atoms with Crippen molar-refractivity contribution in [1.29, 1.82) is 0 Å². The minimum atomic E-state index is -0.653. The molecule has 3 rings (SSSR count). The van der Waals surface area contributed by atoms with Gasteiger partial charge in [-0.25, -0.2) is 0 Å². The first kappa shape index (κ1) is 15.0. The predicted octanol–water partition coefficient (Wildman–Crippen LogP) is 3.05. The third-order valence-electron chi connectivity index (χ3n) is 4.12. The molecule has 2 aromatic rings. The summed E-state index contributed by atoms with van der Waals surface area (Å²) in [6, 6.07) is 15.9. The van der Waals surface area contributed by atoms with Crippen LogP contribution < -0.4 is 0 Å². The van der Waals surface area contributed by atoms with E-state index >= 15 is 0 Å². The number of carbonyl (C=O) groups is 2. The number of aliphatic hydroxyl groups is 1. The number of likely N-dealkylation sites (tertiary alicyclic amines) is 1. The van der Waals surface area contributed by atoms with Crippen molar-refractivity contribution in [3.05, 3.63) is 76.9 Å². The third kappa shape index (κ3) is 2.52. The Hall–Kier alpha value is -2.88. The molecule has 1 unspecified atom stereocenters. The van der Waals surface area contributed by atoms with Gasteiger partial charge in [0.15, 0.2) is 0 Å². The summed E-state index contributed by atoms with van der Waals surface area (Å²) in [7, 11) is 1.58. The van der Waals surface area contributed by atoms with Crippen LogP contribution in [0.15, 0.2) is 60.2 Å². The second-order valence-electron chi connectivity index (χ2n) is 5.69. The molecule has 1 atom stereocenters. The number of benzene rings is 2. The topological polar surface area (TPSA) is 57.6 Å². The fourth-order valence-electron chi connectivity index (χ4n) is 2.84. The van der Waals surface area contributed by atoms with Crippen LogP contribution in [0.2, 0.25) is 0 Å². The molecule has 1 saturated heterocycles. The molecule has 1 N–H and O–H groups in total. The minimum absolute atomic E-state index is 0.132. The Morgan fingerprint density at radius 2 is 1.61 bits per heavy atom. The normalized spacial score (nSPS) is 20.1. The highest BCUT2D eigenvalue weighted by Crippen LogP contribution is 2.38. The van der Waals surface area contributed by atoms with Crippen molar-refractivity contribution in [2.24, 2.45) is 0 Å². The number of aliphatic hydroxyl groups excluding tert-OH is 1. The molecule has 1 fully saturated rings. The van der Waals surface area contributed by atoms with Gasteiger partial charge in [0.05, 0.1) is 11.6 Å². The van der Waals surface area contributed by atoms with Crippen LogP contribution in [0.25, 0.3) is 5.76 Å². The SMILES string of the molecule is Cc1ccc(/C(O)=C2/C(=O)C(=O)N(C)C2c2ccccc2)cc1. The summed E-state index contributed by atoms with van der Waals surface area (Å²) in [4.78, 5) is 25.9. The van der Waals surface area contributed by atoms with Crippen LogP contribution in [0, 0.1) is 6.92 Å². The molecule has 4 heteroatoms. The number of aryl methyl sites for hydroxylation is 1. The molecule has 0 spiro atoms. The number of carbonyl (C=O) groups excluding carboxylic acids is 2. The van der Waals surface area contributed by atoms with E-state index in [1.165, 1.54) is 4.90 Å². The average Bonchev–Trinajstić information content (AvgIpc) is 2.80. The van der Waals surface area contributed by atoms with E-state index in [0.717, 1.165) is 11.1 Å². The predicted molar refractivity (Wildman–Crippen MR) is 87.7 cm³/mol. The van der Waals surface area contributed by atoms with Gasteiger partial charge in [-0.05, 0) is 12.5 Å². The monoisotopic (exact) mass is 307 g/mol. The lowest BCUT2D eigenvalue weighted by atomic mass is 9.95. The molecule has 1 aliphatic rings. The smallest absolute Gasteiger partial charge is 0.295 e. The Kier molecular flexibility index (Phi) is 3.74. The molecular formula is C19H17NO3. The summed E-state index contributed by atoms with van der Waals surface area (Å²) in [5.74, 6) is -1.39. The summed E-state index contributed by atoms with van der Waals surface area (Å²) in [6.45, 7) is 1.94. The van der Waals surface area contributed by atoms with Crippen LogP contribution >= 0.6 is 0 Å². The lowest BCUT2D eigenvalue weighted by Gasteiger charge is -2.20. The second-order valence-corrected chi connectivity index (χ2v) is 5.69. The molecule has 0 radical (unpaired) electrons. The number of nitrogens with zero attached hydrogens (tertiary/aromatic N) is 1. The van der Waals surface area contributed by atoms with Gasteiger partial charge < -0.3 is 10.0 Å². The lowest BCUT2D eigenvalue weighted by molar-refractivity contribution is -0.139. The Labute approximate surface area is 134 Å². The Morgan fingerprint density at radius 1 is 1.00 bits per heavy atom. The molecular weight excluding hydrogens is 290 g/mol. The first-order valence-electron chi connectivity index (χ1n) is 7.37. The van der Waals surface area contributed by atoms with Gasteiger partial charge in [-0.3, -0.25) is 9.59 Å². The van der Waals surface area contributed by atoms with E-state index in [1.54, 1.807) is 19.2 Å². The van der Waals surface area contributed by atoms with Crippen molar-refractivity contribution < 1.29 is 14.7 Å². The van der Waals surface area contributed by atoms with Gasteiger partial charge in [0.1, 0.15) is 5.76 Å². The van der Waals surface area contributed by atoms with E-state index in [0.29, 0.717) is 5.56 Å². The molecule has 1 heterocycles. The van der Waals surface area contributed by atoms with Gasteiger partial charge in [0.25, 0.3) is 11.7 Å². The lowest BCUT2D eigenvalue weighted by Crippen LogP contribution is -2.24. The number of rotatable bonds is 2. The van der Waals surface area contributed by atoms with E-state index in [4.69, 9.17) is 0 Å². The van der Waals surface area contributed by atoms with Crippen molar-refractivity contribution in [1.82, 2.24) is 4.90 Å². The van der Waals surface area contributed by atoms with Crippen LogP contribution in [0.1, 0.15) is 22.7 Å². The number of ketones is 1. The first-order chi connectivity index (χ1) is 11.0. The molecule has 0 bridgehead atoms. The van der Waals surface area contributed by atoms with E-state index in [9.17, 15) is 14.7 Å².